The van der Waals surface area contributed by atoms with E-state index >= 15 is 0 Å². The molecule has 2 N–H and O–H groups in total. The van der Waals surface area contributed by atoms with Crippen LogP contribution >= 0.6 is 0 Å². The number of nitrogens with zero attached hydrogens (tertiary/aromatic N) is 3. The van der Waals surface area contributed by atoms with Crippen molar-refractivity contribution in [3.05, 3.63) is 29.8 Å². The summed E-state index contributed by atoms with van der Waals surface area (Å²) in [5.74, 6) is 1.22. The molecule has 0 fully saturated rings. The van der Waals surface area contributed by atoms with Crippen molar-refractivity contribution < 1.29 is 0 Å². The Morgan fingerprint density at radius 3 is 2.40 bits per heavy atom. The lowest BCUT2D eigenvalue weighted by Crippen LogP contribution is -2.49. The number of hydrogen-bond donors (Lipinski definition) is 1. The molecule has 0 aliphatic carbocycles. The lowest BCUT2D eigenvalue weighted by molar-refractivity contribution is 0.204. The van der Waals surface area contributed by atoms with Gasteiger partial charge in [-0.2, -0.15) is 0 Å². The van der Waals surface area contributed by atoms with E-state index in [9.17, 15) is 0 Å². The zero-order valence-electron chi connectivity index (χ0n) is 13.2. The molecule has 4 nitrogen and oxygen atoms in total. The van der Waals surface area contributed by atoms with E-state index in [2.05, 4.69) is 73.9 Å². The highest BCUT2D eigenvalue weighted by molar-refractivity contribution is 5.81. The molecule has 1 aromatic rings. The predicted octanol–water partition coefficient (Wildman–Crippen LogP) is 2.25. The lowest BCUT2D eigenvalue weighted by Gasteiger charge is -2.38. The molecule has 4 heteroatoms. The minimum Gasteiger partial charge on any atom is -0.378 e. The molecule has 0 spiro atoms. The maximum atomic E-state index is 6.09. The fourth-order valence-electron chi connectivity index (χ4n) is 2.68. The number of aliphatic imine (C=N–C) groups is 1. The van der Waals surface area contributed by atoms with Crippen molar-refractivity contribution in [1.29, 1.82) is 0 Å². The Labute approximate surface area is 122 Å². The largest absolute Gasteiger partial charge is 0.378 e. The minimum atomic E-state index is -0.126. The molecule has 1 aliphatic rings. The van der Waals surface area contributed by atoms with Crippen LogP contribution in [0, 0.1) is 5.92 Å². The van der Waals surface area contributed by atoms with E-state index in [1.807, 2.05) is 0 Å². The first-order chi connectivity index (χ1) is 9.34. The van der Waals surface area contributed by atoms with Gasteiger partial charge in [-0.15, -0.1) is 0 Å². The van der Waals surface area contributed by atoms with Gasteiger partial charge in [-0.05, 0) is 30.5 Å². The van der Waals surface area contributed by atoms with Gasteiger partial charge in [-0.25, -0.2) is 0 Å². The topological polar surface area (TPSA) is 44.9 Å². The molecule has 0 radical (unpaired) electrons. The molecule has 0 bridgehead atoms. The first-order valence-corrected chi connectivity index (χ1v) is 7.20. The maximum Gasteiger partial charge on any atom is 0.192 e. The smallest absolute Gasteiger partial charge is 0.192 e. The molecule has 2 rings (SSSR count). The Hall–Kier alpha value is -1.71. The zero-order valence-corrected chi connectivity index (χ0v) is 13.2. The molecule has 0 aromatic heterocycles. The van der Waals surface area contributed by atoms with Gasteiger partial charge >= 0.3 is 0 Å². The second-order valence-corrected chi connectivity index (χ2v) is 6.39. The Morgan fingerprint density at radius 2 is 1.90 bits per heavy atom. The van der Waals surface area contributed by atoms with Crippen molar-refractivity contribution in [2.45, 2.75) is 26.3 Å². The fraction of sp³-hybridized carbons (Fsp3) is 0.562. The van der Waals surface area contributed by atoms with Crippen LogP contribution in [-0.4, -0.2) is 38.0 Å². The molecular formula is C16H26N4. The van der Waals surface area contributed by atoms with E-state index in [0.29, 0.717) is 11.9 Å². The molecular weight excluding hydrogens is 248 g/mol. The zero-order chi connectivity index (χ0) is 14.9. The average molecular weight is 274 g/mol. The number of rotatable bonds is 4. The lowest BCUT2D eigenvalue weighted by atomic mass is 9.90. The summed E-state index contributed by atoms with van der Waals surface area (Å²) in [6.07, 6.45) is 0. The quantitative estimate of drug-likeness (QED) is 0.916. The van der Waals surface area contributed by atoms with Crippen LogP contribution in [0.1, 0.15) is 26.3 Å². The SMILES string of the molecule is CC(C)CN1C(N)=NCC1(C)c1ccc(N(C)C)cc1. The van der Waals surface area contributed by atoms with E-state index in [4.69, 9.17) is 5.73 Å². The fourth-order valence-corrected chi connectivity index (χ4v) is 2.68. The van der Waals surface area contributed by atoms with Gasteiger partial charge in [-0.3, -0.25) is 4.99 Å². The second-order valence-electron chi connectivity index (χ2n) is 6.39. The number of nitrogens with two attached hydrogens (primary N) is 1. The van der Waals surface area contributed by atoms with Crippen LogP contribution in [0.15, 0.2) is 29.3 Å². The molecule has 1 unspecified atom stereocenters. The van der Waals surface area contributed by atoms with Gasteiger partial charge in [-0.1, -0.05) is 26.0 Å². The van der Waals surface area contributed by atoms with E-state index in [1.54, 1.807) is 0 Å². The van der Waals surface area contributed by atoms with Crippen LogP contribution in [0.4, 0.5) is 5.69 Å². The van der Waals surface area contributed by atoms with Crippen molar-refractivity contribution >= 4 is 11.6 Å². The van der Waals surface area contributed by atoms with Crippen LogP contribution in [0.25, 0.3) is 0 Å². The average Bonchev–Trinajstić information content (AvgIpc) is 2.68. The van der Waals surface area contributed by atoms with Crippen molar-refractivity contribution in [2.75, 3.05) is 32.1 Å². The van der Waals surface area contributed by atoms with Crippen LogP contribution < -0.4 is 10.6 Å². The van der Waals surface area contributed by atoms with Gasteiger partial charge in [0.2, 0.25) is 0 Å². The number of hydrogen-bond acceptors (Lipinski definition) is 4. The Bertz CT molecular complexity index is 490. The van der Waals surface area contributed by atoms with E-state index in [-0.39, 0.29) is 5.54 Å². The van der Waals surface area contributed by atoms with Crippen molar-refractivity contribution in [2.24, 2.45) is 16.6 Å². The van der Waals surface area contributed by atoms with Crippen molar-refractivity contribution in [3.63, 3.8) is 0 Å². The van der Waals surface area contributed by atoms with Gasteiger partial charge in [0.25, 0.3) is 0 Å². The van der Waals surface area contributed by atoms with Crippen molar-refractivity contribution in [1.82, 2.24) is 4.90 Å². The van der Waals surface area contributed by atoms with Crippen LogP contribution in [-0.2, 0) is 5.54 Å². The third-order valence-electron chi connectivity index (χ3n) is 3.97. The van der Waals surface area contributed by atoms with Gasteiger partial charge < -0.3 is 15.5 Å². The van der Waals surface area contributed by atoms with E-state index < -0.39 is 0 Å². The molecule has 1 atom stereocenters. The molecule has 0 saturated carbocycles. The first-order valence-electron chi connectivity index (χ1n) is 7.20. The summed E-state index contributed by atoms with van der Waals surface area (Å²) in [5.41, 5.74) is 8.44. The highest BCUT2D eigenvalue weighted by Crippen LogP contribution is 2.34. The third kappa shape index (κ3) is 2.60. The Morgan fingerprint density at radius 1 is 1.30 bits per heavy atom. The van der Waals surface area contributed by atoms with E-state index in [1.165, 1.54) is 11.3 Å². The van der Waals surface area contributed by atoms with E-state index in [0.717, 1.165) is 13.1 Å². The van der Waals surface area contributed by atoms with Gasteiger partial charge in [0, 0.05) is 26.3 Å². The summed E-state index contributed by atoms with van der Waals surface area (Å²) in [4.78, 5) is 8.81. The maximum absolute atomic E-state index is 6.09. The predicted molar refractivity (Wildman–Crippen MR) is 86.2 cm³/mol. The third-order valence-corrected chi connectivity index (χ3v) is 3.97. The van der Waals surface area contributed by atoms with Gasteiger partial charge in [0.05, 0.1) is 12.1 Å². The van der Waals surface area contributed by atoms with Crippen molar-refractivity contribution in [3.8, 4) is 0 Å². The molecule has 1 aromatic carbocycles. The molecule has 0 amide bonds. The Balaban J connectivity index is 2.29. The van der Waals surface area contributed by atoms with Gasteiger partial charge in [0.15, 0.2) is 5.96 Å². The number of guanidine groups is 1. The summed E-state index contributed by atoms with van der Waals surface area (Å²) in [6, 6.07) is 8.69. The summed E-state index contributed by atoms with van der Waals surface area (Å²) < 4.78 is 0. The molecule has 1 aliphatic heterocycles. The summed E-state index contributed by atoms with van der Waals surface area (Å²) in [6.45, 7) is 8.31. The molecule has 20 heavy (non-hydrogen) atoms. The standard InChI is InChI=1S/C16H26N4/c1-12(2)10-20-15(17)18-11-16(20,3)13-6-8-14(9-7-13)19(4)5/h6-9,12H,10-11H2,1-5H3,(H2,17,18). The monoisotopic (exact) mass is 274 g/mol. The number of benzene rings is 1. The molecule has 110 valence electrons. The highest BCUT2D eigenvalue weighted by atomic mass is 15.4. The van der Waals surface area contributed by atoms with Crippen LogP contribution in [0.3, 0.4) is 0 Å². The summed E-state index contributed by atoms with van der Waals surface area (Å²) >= 11 is 0. The minimum absolute atomic E-state index is 0.126. The second kappa shape index (κ2) is 5.35. The molecule has 0 saturated heterocycles. The van der Waals surface area contributed by atoms with Crippen LogP contribution in [0.5, 0.6) is 0 Å². The van der Waals surface area contributed by atoms with Gasteiger partial charge in [0.1, 0.15) is 0 Å². The summed E-state index contributed by atoms with van der Waals surface area (Å²) in [7, 11) is 4.11. The first kappa shape index (κ1) is 14.7. The number of anilines is 1. The summed E-state index contributed by atoms with van der Waals surface area (Å²) in [5, 5.41) is 0. The molecule has 1 heterocycles. The normalized spacial score (nSPS) is 22.3. The highest BCUT2D eigenvalue weighted by Gasteiger charge is 2.39. The van der Waals surface area contributed by atoms with Crippen LogP contribution in [0.2, 0.25) is 0 Å². The Kier molecular flexibility index (Phi) is 3.93.